The van der Waals surface area contributed by atoms with Crippen LogP contribution in [0.3, 0.4) is 0 Å². The molecule has 1 aromatic rings. The number of benzene rings is 1. The molecule has 4 bridgehead atoms. The zero-order valence-corrected chi connectivity index (χ0v) is 17.5. The molecule has 0 spiro atoms. The molecule has 5 aliphatic rings. The molecular weight excluding hydrogens is 362 g/mol. The van der Waals surface area contributed by atoms with Gasteiger partial charge in [0.25, 0.3) is 0 Å². The Kier molecular flexibility index (Phi) is 4.89. The average molecular weight is 396 g/mol. The van der Waals surface area contributed by atoms with Crippen LogP contribution in [0.1, 0.15) is 50.1 Å². The van der Waals surface area contributed by atoms with Crippen LogP contribution >= 0.6 is 0 Å². The first-order valence-corrected chi connectivity index (χ1v) is 11.4. The van der Waals surface area contributed by atoms with Gasteiger partial charge >= 0.3 is 0 Å². The summed E-state index contributed by atoms with van der Waals surface area (Å²) in [5, 5.41) is 3.25. The van der Waals surface area contributed by atoms with Crippen molar-refractivity contribution in [2.75, 3.05) is 33.2 Å². The summed E-state index contributed by atoms with van der Waals surface area (Å²) in [4.78, 5) is 31.3. The third-order valence-electron chi connectivity index (χ3n) is 7.99. The molecule has 29 heavy (non-hydrogen) atoms. The number of piperazine rings is 1. The van der Waals surface area contributed by atoms with Crippen molar-refractivity contribution in [3.05, 3.63) is 35.9 Å². The predicted molar refractivity (Wildman–Crippen MR) is 112 cm³/mol. The van der Waals surface area contributed by atoms with E-state index in [4.69, 9.17) is 0 Å². The summed E-state index contributed by atoms with van der Waals surface area (Å²) in [7, 11) is 2.09. The Morgan fingerprint density at radius 1 is 0.931 bits per heavy atom. The van der Waals surface area contributed by atoms with Gasteiger partial charge in [0.2, 0.25) is 11.8 Å². The summed E-state index contributed by atoms with van der Waals surface area (Å²) in [6.45, 7) is 3.23. The highest BCUT2D eigenvalue weighted by atomic mass is 16.2. The van der Waals surface area contributed by atoms with Crippen molar-refractivity contribution < 1.29 is 9.59 Å². The molecule has 156 valence electrons. The van der Waals surface area contributed by atoms with Crippen molar-refractivity contribution in [1.29, 1.82) is 0 Å². The Morgan fingerprint density at radius 2 is 1.48 bits per heavy atom. The predicted octanol–water partition coefficient (Wildman–Crippen LogP) is 2.83. The minimum absolute atomic E-state index is 0.0439. The summed E-state index contributed by atoms with van der Waals surface area (Å²) in [5.41, 5.74) is 0.666. The molecule has 4 aliphatic carbocycles. The van der Waals surface area contributed by atoms with Gasteiger partial charge in [0.15, 0.2) is 0 Å². The van der Waals surface area contributed by atoms with Crippen LogP contribution in [0.2, 0.25) is 0 Å². The summed E-state index contributed by atoms with van der Waals surface area (Å²) < 4.78 is 0. The molecule has 1 aromatic carbocycles. The lowest BCUT2D eigenvalue weighted by molar-refractivity contribution is -0.150. The quantitative estimate of drug-likeness (QED) is 0.853. The molecule has 0 unspecified atom stereocenters. The summed E-state index contributed by atoms with van der Waals surface area (Å²) in [5.74, 6) is 2.33. The van der Waals surface area contributed by atoms with Crippen LogP contribution in [0.25, 0.3) is 0 Å². The fourth-order valence-corrected chi connectivity index (χ4v) is 6.82. The number of carbonyl (C=O) groups is 2. The monoisotopic (exact) mass is 395 g/mol. The van der Waals surface area contributed by atoms with Gasteiger partial charge in [-0.2, -0.15) is 0 Å². The fourth-order valence-electron chi connectivity index (χ4n) is 6.82. The molecule has 1 N–H and O–H groups in total. The van der Waals surface area contributed by atoms with E-state index in [2.05, 4.69) is 17.3 Å². The van der Waals surface area contributed by atoms with Crippen LogP contribution in [0.15, 0.2) is 30.3 Å². The topological polar surface area (TPSA) is 52.6 Å². The number of hydrogen-bond donors (Lipinski definition) is 1. The van der Waals surface area contributed by atoms with Crippen LogP contribution in [-0.4, -0.2) is 54.8 Å². The molecule has 0 aromatic heterocycles. The molecule has 1 atom stereocenters. The molecule has 5 fully saturated rings. The van der Waals surface area contributed by atoms with Gasteiger partial charge in [0, 0.05) is 31.6 Å². The first-order valence-electron chi connectivity index (χ1n) is 11.4. The van der Waals surface area contributed by atoms with E-state index >= 15 is 0 Å². The lowest BCUT2D eigenvalue weighted by Gasteiger charge is -2.55. The van der Waals surface area contributed by atoms with Crippen LogP contribution in [0.4, 0.5) is 0 Å². The second-order valence-corrected chi connectivity index (χ2v) is 10.1. The van der Waals surface area contributed by atoms with Crippen LogP contribution < -0.4 is 5.32 Å². The molecule has 1 aliphatic heterocycles. The molecule has 4 saturated carbocycles. The van der Waals surface area contributed by atoms with Crippen LogP contribution in [0.5, 0.6) is 0 Å². The number of nitrogens with one attached hydrogen (secondary N) is 1. The number of hydrogen-bond acceptors (Lipinski definition) is 3. The molecular formula is C24H33N3O2. The Balaban J connectivity index is 1.37. The number of carbonyl (C=O) groups excluding carboxylic acids is 2. The largest absolute Gasteiger partial charge is 0.340 e. The molecule has 2 amide bonds. The van der Waals surface area contributed by atoms with Gasteiger partial charge in [-0.25, -0.2) is 0 Å². The summed E-state index contributed by atoms with van der Waals surface area (Å²) >= 11 is 0. The zero-order valence-electron chi connectivity index (χ0n) is 17.5. The highest BCUT2D eigenvalue weighted by molar-refractivity contribution is 5.91. The van der Waals surface area contributed by atoms with Crippen molar-refractivity contribution in [3.8, 4) is 0 Å². The Hall–Kier alpha value is -1.88. The lowest BCUT2D eigenvalue weighted by Crippen LogP contribution is -2.56. The van der Waals surface area contributed by atoms with Crippen molar-refractivity contribution in [2.45, 2.75) is 44.6 Å². The maximum absolute atomic E-state index is 13.6. The van der Waals surface area contributed by atoms with Crippen molar-refractivity contribution in [3.63, 3.8) is 0 Å². The highest BCUT2D eigenvalue weighted by Crippen LogP contribution is 2.60. The van der Waals surface area contributed by atoms with Gasteiger partial charge in [-0.15, -0.1) is 0 Å². The maximum Gasteiger partial charge on any atom is 0.249 e. The Morgan fingerprint density at radius 3 is 2.03 bits per heavy atom. The van der Waals surface area contributed by atoms with E-state index in [0.717, 1.165) is 68.8 Å². The maximum atomic E-state index is 13.6. The molecule has 5 nitrogen and oxygen atoms in total. The molecule has 1 heterocycles. The second-order valence-electron chi connectivity index (χ2n) is 10.1. The molecule has 5 heteroatoms. The standard InChI is InChI=1S/C24H33N3O2/c1-26-7-9-27(10-8-26)22(28)21(20-5-3-2-4-6-20)25-23(29)24-14-17-11-18(15-24)13-19(12-17)16-24/h2-6,17-19,21H,7-16H2,1H3,(H,25,29)/t17?,18?,19?,21-,24?/m0/s1. The van der Waals surface area contributed by atoms with Crippen molar-refractivity contribution >= 4 is 11.8 Å². The van der Waals surface area contributed by atoms with Gasteiger partial charge in [-0.3, -0.25) is 9.59 Å². The van der Waals surface area contributed by atoms with E-state index in [1.165, 1.54) is 19.3 Å². The zero-order chi connectivity index (χ0) is 20.0. The lowest BCUT2D eigenvalue weighted by atomic mass is 9.49. The van der Waals surface area contributed by atoms with E-state index in [1.54, 1.807) is 0 Å². The van der Waals surface area contributed by atoms with E-state index in [1.807, 2.05) is 35.2 Å². The third-order valence-corrected chi connectivity index (χ3v) is 7.99. The molecule has 6 rings (SSSR count). The average Bonchev–Trinajstić information content (AvgIpc) is 2.71. The second kappa shape index (κ2) is 7.42. The number of amides is 2. The van der Waals surface area contributed by atoms with Crippen molar-refractivity contribution in [2.24, 2.45) is 23.2 Å². The van der Waals surface area contributed by atoms with Gasteiger partial charge in [0.1, 0.15) is 6.04 Å². The van der Waals surface area contributed by atoms with Gasteiger partial charge in [-0.05, 0) is 68.9 Å². The van der Waals surface area contributed by atoms with Gasteiger partial charge < -0.3 is 15.1 Å². The minimum atomic E-state index is -0.569. The molecule has 0 radical (unpaired) electrons. The first-order chi connectivity index (χ1) is 14.0. The highest BCUT2D eigenvalue weighted by Gasteiger charge is 2.55. The Labute approximate surface area is 173 Å². The van der Waals surface area contributed by atoms with Gasteiger partial charge in [0.05, 0.1) is 0 Å². The summed E-state index contributed by atoms with van der Waals surface area (Å²) in [6, 6.07) is 9.24. The van der Waals surface area contributed by atoms with E-state index in [-0.39, 0.29) is 17.2 Å². The Bertz CT molecular complexity index is 734. The fraction of sp³-hybridized carbons (Fsp3) is 0.667. The SMILES string of the molecule is CN1CCN(C(=O)[C@@H](NC(=O)C23CC4CC(CC(C4)C2)C3)c2ccccc2)CC1. The third kappa shape index (κ3) is 3.58. The normalized spacial score (nSPS) is 34.8. The van der Waals surface area contributed by atoms with Crippen LogP contribution in [-0.2, 0) is 9.59 Å². The van der Waals surface area contributed by atoms with Gasteiger partial charge in [-0.1, -0.05) is 30.3 Å². The number of nitrogens with zero attached hydrogens (tertiary/aromatic N) is 2. The van der Waals surface area contributed by atoms with E-state index in [9.17, 15) is 9.59 Å². The number of likely N-dealkylation sites (N-methyl/N-ethyl adjacent to an activating group) is 1. The van der Waals surface area contributed by atoms with E-state index in [0.29, 0.717) is 0 Å². The van der Waals surface area contributed by atoms with Crippen molar-refractivity contribution in [1.82, 2.24) is 15.1 Å². The first kappa shape index (κ1) is 19.1. The van der Waals surface area contributed by atoms with Crippen LogP contribution in [0, 0.1) is 23.2 Å². The number of rotatable bonds is 4. The van der Waals surface area contributed by atoms with E-state index < -0.39 is 6.04 Å². The minimum Gasteiger partial charge on any atom is -0.340 e. The summed E-state index contributed by atoms with van der Waals surface area (Å²) in [6.07, 6.45) is 7.01. The molecule has 1 saturated heterocycles. The smallest absolute Gasteiger partial charge is 0.249 e.